The number of aliphatic carboxylic acids is 1. The van der Waals surface area contributed by atoms with Crippen LogP contribution in [0.3, 0.4) is 0 Å². The summed E-state index contributed by atoms with van der Waals surface area (Å²) in [5, 5.41) is 22.1. The van der Waals surface area contributed by atoms with E-state index in [9.17, 15) is 9.90 Å². The summed E-state index contributed by atoms with van der Waals surface area (Å²) in [4.78, 5) is 10.4. The van der Waals surface area contributed by atoms with Crippen LogP contribution in [0.25, 0.3) is 0 Å². The summed E-state index contributed by atoms with van der Waals surface area (Å²) >= 11 is 0. The molecule has 3 N–H and O–H groups in total. The molecular weight excluding hydrogens is 290 g/mol. The summed E-state index contributed by atoms with van der Waals surface area (Å²) in [6.07, 6.45) is 14.6. The van der Waals surface area contributed by atoms with E-state index in [2.05, 4.69) is 12.2 Å². The molecule has 0 fully saturated rings. The largest absolute Gasteiger partial charge is 0.481 e. The van der Waals surface area contributed by atoms with Crippen molar-refractivity contribution in [2.75, 3.05) is 7.05 Å². The summed E-state index contributed by atoms with van der Waals surface area (Å²) in [6, 6.07) is 0.216. The molecule has 0 rings (SSSR count). The first-order valence-corrected chi connectivity index (χ1v) is 9.69. The van der Waals surface area contributed by atoms with Crippen LogP contribution in [0.5, 0.6) is 0 Å². The quantitative estimate of drug-likeness (QED) is 0.344. The molecule has 4 heteroatoms. The molecule has 0 aliphatic carbocycles. The van der Waals surface area contributed by atoms with E-state index in [1.165, 1.54) is 38.5 Å². The van der Waals surface area contributed by atoms with Crippen molar-refractivity contribution in [2.24, 2.45) is 0 Å². The van der Waals surface area contributed by atoms with Crippen molar-refractivity contribution in [3.05, 3.63) is 0 Å². The molecule has 0 aliphatic heterocycles. The van der Waals surface area contributed by atoms with Crippen molar-refractivity contribution >= 4 is 5.97 Å². The zero-order valence-electron chi connectivity index (χ0n) is 15.4. The van der Waals surface area contributed by atoms with Crippen LogP contribution in [-0.2, 0) is 4.79 Å². The third-order valence-corrected chi connectivity index (χ3v) is 4.59. The molecule has 138 valence electrons. The fourth-order valence-electron chi connectivity index (χ4n) is 3.03. The Bertz CT molecular complexity index is 271. The van der Waals surface area contributed by atoms with Crippen molar-refractivity contribution in [1.29, 1.82) is 0 Å². The van der Waals surface area contributed by atoms with Gasteiger partial charge in [-0.15, -0.1) is 0 Å². The number of carboxylic acids is 1. The Hall–Kier alpha value is -0.610. The molecule has 0 heterocycles. The fourth-order valence-corrected chi connectivity index (χ4v) is 3.03. The van der Waals surface area contributed by atoms with Crippen molar-refractivity contribution in [1.82, 2.24) is 5.32 Å². The van der Waals surface area contributed by atoms with Gasteiger partial charge in [-0.1, -0.05) is 71.1 Å². The van der Waals surface area contributed by atoms with E-state index in [0.29, 0.717) is 0 Å². The number of carbonyl (C=O) groups is 1. The van der Waals surface area contributed by atoms with Gasteiger partial charge in [-0.2, -0.15) is 0 Å². The molecule has 0 aromatic carbocycles. The second-order valence-corrected chi connectivity index (χ2v) is 6.72. The van der Waals surface area contributed by atoms with Gasteiger partial charge in [0.15, 0.2) is 0 Å². The molecule has 0 aromatic rings. The Morgan fingerprint density at radius 1 is 0.870 bits per heavy atom. The SMILES string of the molecule is CCCCCCCCC(NC)C(O)CCCCCCCC(=O)O. The van der Waals surface area contributed by atoms with Crippen LogP contribution in [0.2, 0.25) is 0 Å². The van der Waals surface area contributed by atoms with Gasteiger partial charge >= 0.3 is 5.97 Å². The van der Waals surface area contributed by atoms with Crippen LogP contribution in [0.4, 0.5) is 0 Å². The molecule has 2 unspecified atom stereocenters. The number of hydrogen-bond acceptors (Lipinski definition) is 3. The molecule has 0 radical (unpaired) electrons. The third-order valence-electron chi connectivity index (χ3n) is 4.59. The predicted molar refractivity (Wildman–Crippen MR) is 96.8 cm³/mol. The van der Waals surface area contributed by atoms with Crippen molar-refractivity contribution in [2.45, 2.75) is 109 Å². The molecule has 0 aliphatic rings. The summed E-state index contributed by atoms with van der Waals surface area (Å²) in [5.41, 5.74) is 0. The lowest BCUT2D eigenvalue weighted by Gasteiger charge is -2.22. The first kappa shape index (κ1) is 22.4. The van der Waals surface area contributed by atoms with Crippen LogP contribution in [0.1, 0.15) is 96.8 Å². The lowest BCUT2D eigenvalue weighted by atomic mass is 9.97. The van der Waals surface area contributed by atoms with Crippen LogP contribution in [-0.4, -0.2) is 35.4 Å². The lowest BCUT2D eigenvalue weighted by Crippen LogP contribution is -2.37. The van der Waals surface area contributed by atoms with Gasteiger partial charge in [0, 0.05) is 12.5 Å². The minimum atomic E-state index is -0.702. The Morgan fingerprint density at radius 2 is 1.39 bits per heavy atom. The van der Waals surface area contributed by atoms with E-state index in [-0.39, 0.29) is 18.6 Å². The molecular formula is C19H39NO3. The highest BCUT2D eigenvalue weighted by atomic mass is 16.4. The van der Waals surface area contributed by atoms with E-state index >= 15 is 0 Å². The zero-order valence-corrected chi connectivity index (χ0v) is 15.4. The second-order valence-electron chi connectivity index (χ2n) is 6.72. The monoisotopic (exact) mass is 329 g/mol. The number of aliphatic hydroxyl groups excluding tert-OH is 1. The summed E-state index contributed by atoms with van der Waals surface area (Å²) in [5.74, 6) is -0.702. The number of aliphatic hydroxyl groups is 1. The van der Waals surface area contributed by atoms with Crippen molar-refractivity contribution < 1.29 is 15.0 Å². The molecule has 0 aromatic heterocycles. The first-order valence-electron chi connectivity index (χ1n) is 9.69. The number of carboxylic acid groups (broad SMARTS) is 1. The van der Waals surface area contributed by atoms with Crippen molar-refractivity contribution in [3.63, 3.8) is 0 Å². The molecule has 4 nitrogen and oxygen atoms in total. The molecule has 0 saturated heterocycles. The van der Waals surface area contributed by atoms with Gasteiger partial charge in [-0.3, -0.25) is 4.79 Å². The van der Waals surface area contributed by atoms with Gasteiger partial charge in [-0.05, 0) is 26.3 Å². The van der Waals surface area contributed by atoms with Crippen LogP contribution in [0.15, 0.2) is 0 Å². The number of likely N-dealkylation sites (N-methyl/N-ethyl adjacent to an activating group) is 1. The molecule has 2 atom stereocenters. The Morgan fingerprint density at radius 3 is 1.96 bits per heavy atom. The molecule has 0 spiro atoms. The highest BCUT2D eigenvalue weighted by molar-refractivity contribution is 5.66. The minimum absolute atomic E-state index is 0.216. The molecule has 0 amide bonds. The van der Waals surface area contributed by atoms with E-state index in [1.807, 2.05) is 7.05 Å². The van der Waals surface area contributed by atoms with Crippen LogP contribution in [0, 0.1) is 0 Å². The highest BCUT2D eigenvalue weighted by Crippen LogP contribution is 2.15. The topological polar surface area (TPSA) is 69.6 Å². The smallest absolute Gasteiger partial charge is 0.303 e. The highest BCUT2D eigenvalue weighted by Gasteiger charge is 2.16. The van der Waals surface area contributed by atoms with Gasteiger partial charge in [-0.25, -0.2) is 0 Å². The Kier molecular flexibility index (Phi) is 15.8. The number of nitrogens with one attached hydrogen (secondary N) is 1. The third kappa shape index (κ3) is 14.7. The first-order chi connectivity index (χ1) is 11.1. The summed E-state index contributed by atoms with van der Waals surface area (Å²) < 4.78 is 0. The summed E-state index contributed by atoms with van der Waals surface area (Å²) in [7, 11) is 1.94. The maximum atomic E-state index is 10.4. The normalized spacial score (nSPS) is 13.9. The van der Waals surface area contributed by atoms with E-state index in [1.54, 1.807) is 0 Å². The van der Waals surface area contributed by atoms with E-state index in [0.717, 1.165) is 44.9 Å². The standard InChI is InChI=1S/C19H39NO3/c1-3-4-5-6-8-11-14-17(20-2)18(21)15-12-9-7-10-13-16-19(22)23/h17-18,20-21H,3-16H2,1-2H3,(H,22,23). The Labute approximate surface area is 143 Å². The van der Waals surface area contributed by atoms with Gasteiger partial charge in [0.25, 0.3) is 0 Å². The minimum Gasteiger partial charge on any atom is -0.481 e. The van der Waals surface area contributed by atoms with Crippen molar-refractivity contribution in [3.8, 4) is 0 Å². The average molecular weight is 330 g/mol. The predicted octanol–water partition coefficient (Wildman–Crippen LogP) is 4.50. The van der Waals surface area contributed by atoms with E-state index < -0.39 is 5.97 Å². The molecule has 23 heavy (non-hydrogen) atoms. The van der Waals surface area contributed by atoms with Gasteiger partial charge in [0.05, 0.1) is 6.10 Å². The average Bonchev–Trinajstić information content (AvgIpc) is 2.53. The van der Waals surface area contributed by atoms with Gasteiger partial charge in [0.2, 0.25) is 0 Å². The molecule has 0 bridgehead atoms. The zero-order chi connectivity index (χ0) is 17.3. The lowest BCUT2D eigenvalue weighted by molar-refractivity contribution is -0.137. The number of unbranched alkanes of at least 4 members (excludes halogenated alkanes) is 9. The molecule has 0 saturated carbocycles. The summed E-state index contributed by atoms with van der Waals surface area (Å²) in [6.45, 7) is 2.24. The fraction of sp³-hybridized carbons (Fsp3) is 0.947. The number of hydrogen-bond donors (Lipinski definition) is 3. The van der Waals surface area contributed by atoms with Crippen LogP contribution >= 0.6 is 0 Å². The van der Waals surface area contributed by atoms with Crippen LogP contribution < -0.4 is 5.32 Å². The Balaban J connectivity index is 3.56. The van der Waals surface area contributed by atoms with Gasteiger partial charge in [0.1, 0.15) is 0 Å². The second kappa shape index (κ2) is 16.3. The number of rotatable bonds is 17. The van der Waals surface area contributed by atoms with E-state index in [4.69, 9.17) is 5.11 Å². The van der Waals surface area contributed by atoms with Gasteiger partial charge < -0.3 is 15.5 Å². The maximum absolute atomic E-state index is 10.4. The maximum Gasteiger partial charge on any atom is 0.303 e.